The Morgan fingerprint density at radius 1 is 1.09 bits per heavy atom. The number of alkyl halides is 1. The van der Waals surface area contributed by atoms with Gasteiger partial charge in [-0.3, -0.25) is 4.79 Å². The van der Waals surface area contributed by atoms with Crippen molar-refractivity contribution in [2.75, 3.05) is 11.9 Å². The summed E-state index contributed by atoms with van der Waals surface area (Å²) in [5.74, 6) is -0.247. The lowest BCUT2D eigenvalue weighted by atomic mass is 9.88. The molecule has 1 amide bonds. The summed E-state index contributed by atoms with van der Waals surface area (Å²) in [7, 11) is 0. The van der Waals surface area contributed by atoms with Crippen molar-refractivity contribution < 1.29 is 14.3 Å². The van der Waals surface area contributed by atoms with Crippen LogP contribution in [0.2, 0.25) is 0 Å². The molecule has 166 valence electrons. The van der Waals surface area contributed by atoms with E-state index in [1.54, 1.807) is 6.92 Å². The molecule has 0 spiro atoms. The smallest absolute Gasteiger partial charge is 0.341 e. The monoisotopic (exact) mass is 467 g/mol. The fraction of sp³-hybridized carbons (Fsp3) is 0.308. The third kappa shape index (κ3) is 4.19. The van der Waals surface area contributed by atoms with Crippen LogP contribution in [-0.2, 0) is 27.2 Å². The summed E-state index contributed by atoms with van der Waals surface area (Å²) < 4.78 is 5.34. The number of hydrogen-bond acceptors (Lipinski definition) is 4. The molecule has 1 N–H and O–H groups in total. The van der Waals surface area contributed by atoms with E-state index in [1.807, 2.05) is 60.7 Å². The molecule has 0 saturated heterocycles. The lowest BCUT2D eigenvalue weighted by molar-refractivity contribution is -0.117. The maximum Gasteiger partial charge on any atom is 0.341 e. The van der Waals surface area contributed by atoms with Gasteiger partial charge in [-0.25, -0.2) is 4.79 Å². The lowest BCUT2D eigenvalue weighted by Gasteiger charge is -2.27. The Morgan fingerprint density at radius 3 is 2.25 bits per heavy atom. The molecule has 0 unspecified atom stereocenters. The van der Waals surface area contributed by atoms with Gasteiger partial charge in [0.25, 0.3) is 5.91 Å². The zero-order valence-corrected chi connectivity index (χ0v) is 19.8. The second-order valence-electron chi connectivity index (χ2n) is 8.12. The molecular formula is C26H26ClNO3S. The summed E-state index contributed by atoms with van der Waals surface area (Å²) in [6.45, 7) is 4.27. The molecule has 4 nitrogen and oxygen atoms in total. The van der Waals surface area contributed by atoms with Gasteiger partial charge in [0.1, 0.15) is 5.00 Å². The van der Waals surface area contributed by atoms with E-state index in [2.05, 4.69) is 12.2 Å². The van der Waals surface area contributed by atoms with Crippen molar-refractivity contribution in [1.29, 1.82) is 0 Å². The van der Waals surface area contributed by atoms with E-state index in [-0.39, 0.29) is 6.61 Å². The number of fused-ring (bicyclic) bond motifs is 1. The predicted molar refractivity (Wildman–Crippen MR) is 130 cm³/mol. The highest BCUT2D eigenvalue weighted by molar-refractivity contribution is 7.17. The molecule has 1 aliphatic rings. The highest BCUT2D eigenvalue weighted by Gasteiger charge is 2.41. The van der Waals surface area contributed by atoms with E-state index in [1.165, 1.54) is 11.3 Å². The molecule has 0 radical (unpaired) electrons. The fourth-order valence-electron chi connectivity index (χ4n) is 4.21. The van der Waals surface area contributed by atoms with Crippen molar-refractivity contribution in [2.45, 2.75) is 38.0 Å². The van der Waals surface area contributed by atoms with Gasteiger partial charge in [0.05, 0.1) is 12.2 Å². The normalized spacial score (nSPS) is 15.7. The molecule has 0 saturated carbocycles. The van der Waals surface area contributed by atoms with E-state index in [9.17, 15) is 9.59 Å². The number of anilines is 1. The highest BCUT2D eigenvalue weighted by atomic mass is 35.5. The number of halogens is 1. The minimum Gasteiger partial charge on any atom is -0.462 e. The Morgan fingerprint density at radius 2 is 1.69 bits per heavy atom. The zero-order chi connectivity index (χ0) is 22.7. The molecule has 0 aliphatic heterocycles. The van der Waals surface area contributed by atoms with E-state index >= 15 is 0 Å². The average Bonchev–Trinajstić information content (AvgIpc) is 3.16. The standard InChI is InChI=1S/C26H26ClNO3S/c1-3-31-24(29)22-20-15-14-17(2)16-21(20)32-23(22)28-25(30)26(27,18-10-6-4-7-11-18)19-12-8-5-9-13-19/h4-13,17H,3,14-16H2,1-2H3,(H,28,30)/t17-/m1/s1. The van der Waals surface area contributed by atoms with Crippen LogP contribution < -0.4 is 5.32 Å². The van der Waals surface area contributed by atoms with Gasteiger partial charge in [-0.05, 0) is 48.8 Å². The Labute approximate surface area is 197 Å². The van der Waals surface area contributed by atoms with Crippen molar-refractivity contribution >= 4 is 39.8 Å². The van der Waals surface area contributed by atoms with Crippen molar-refractivity contribution in [3.63, 3.8) is 0 Å². The summed E-state index contributed by atoms with van der Waals surface area (Å²) in [6.07, 6.45) is 2.71. The molecule has 0 fully saturated rings. The first-order valence-corrected chi connectivity index (χ1v) is 12.1. The number of hydrogen-bond donors (Lipinski definition) is 1. The Kier molecular flexibility index (Phi) is 6.68. The highest BCUT2D eigenvalue weighted by Crippen LogP contribution is 2.43. The average molecular weight is 468 g/mol. The number of esters is 1. The number of ether oxygens (including phenoxy) is 1. The molecule has 32 heavy (non-hydrogen) atoms. The number of rotatable bonds is 6. The number of carbonyl (C=O) groups is 2. The molecule has 1 aliphatic carbocycles. The summed E-state index contributed by atoms with van der Waals surface area (Å²) >= 11 is 8.57. The van der Waals surface area contributed by atoms with Crippen molar-refractivity contribution in [3.8, 4) is 0 Å². The zero-order valence-electron chi connectivity index (χ0n) is 18.2. The molecule has 6 heteroatoms. The predicted octanol–water partition coefficient (Wildman–Crippen LogP) is 6.17. The Bertz CT molecular complexity index is 1070. The molecule has 3 aromatic rings. The third-order valence-corrected chi connectivity index (χ3v) is 7.65. The second kappa shape index (κ2) is 9.47. The second-order valence-corrected chi connectivity index (χ2v) is 9.79. The minimum atomic E-state index is -1.44. The summed E-state index contributed by atoms with van der Waals surface area (Å²) in [5, 5.41) is 3.52. The Balaban J connectivity index is 1.77. The number of carbonyl (C=O) groups excluding carboxylic acids is 2. The molecule has 1 atom stereocenters. The number of nitrogens with one attached hydrogen (secondary N) is 1. The van der Waals surface area contributed by atoms with Gasteiger partial charge in [-0.15, -0.1) is 11.3 Å². The van der Waals surface area contributed by atoms with Crippen LogP contribution in [0.25, 0.3) is 0 Å². The summed E-state index contributed by atoms with van der Waals surface area (Å²) in [6, 6.07) is 18.6. The van der Waals surface area contributed by atoms with Gasteiger partial charge in [0.2, 0.25) is 0 Å². The van der Waals surface area contributed by atoms with Crippen LogP contribution in [0.3, 0.4) is 0 Å². The van der Waals surface area contributed by atoms with Gasteiger partial charge < -0.3 is 10.1 Å². The first kappa shape index (κ1) is 22.6. The molecular weight excluding hydrogens is 442 g/mol. The topological polar surface area (TPSA) is 55.4 Å². The van der Waals surface area contributed by atoms with Gasteiger partial charge in [0, 0.05) is 4.88 Å². The van der Waals surface area contributed by atoms with Gasteiger partial charge in [-0.1, -0.05) is 79.2 Å². The molecule has 1 aromatic heterocycles. The molecule has 1 heterocycles. The SMILES string of the molecule is CCOC(=O)c1c(NC(=O)C(Cl)(c2ccccc2)c2ccccc2)sc2c1CC[C@@H](C)C2. The van der Waals surface area contributed by atoms with Gasteiger partial charge in [0.15, 0.2) is 4.87 Å². The number of thiophene rings is 1. The Hall–Kier alpha value is -2.63. The van der Waals surface area contributed by atoms with E-state index in [0.717, 1.165) is 29.7 Å². The maximum absolute atomic E-state index is 13.8. The molecule has 2 aromatic carbocycles. The van der Waals surface area contributed by atoms with Crippen LogP contribution in [0.15, 0.2) is 60.7 Å². The molecule has 0 bridgehead atoms. The van der Waals surface area contributed by atoms with Gasteiger partial charge in [-0.2, -0.15) is 0 Å². The van der Waals surface area contributed by atoms with E-state index in [0.29, 0.717) is 27.6 Å². The molecule has 4 rings (SSSR count). The van der Waals surface area contributed by atoms with E-state index in [4.69, 9.17) is 16.3 Å². The van der Waals surface area contributed by atoms with Crippen LogP contribution >= 0.6 is 22.9 Å². The van der Waals surface area contributed by atoms with Crippen molar-refractivity contribution in [3.05, 3.63) is 87.8 Å². The van der Waals surface area contributed by atoms with Crippen LogP contribution in [0.4, 0.5) is 5.00 Å². The largest absolute Gasteiger partial charge is 0.462 e. The fourth-order valence-corrected chi connectivity index (χ4v) is 5.90. The van der Waals surface area contributed by atoms with Crippen LogP contribution in [0, 0.1) is 5.92 Å². The number of amides is 1. The third-order valence-electron chi connectivity index (χ3n) is 5.87. The van der Waals surface area contributed by atoms with Gasteiger partial charge >= 0.3 is 5.97 Å². The minimum absolute atomic E-state index is 0.278. The quantitative estimate of drug-likeness (QED) is 0.348. The van der Waals surface area contributed by atoms with Crippen molar-refractivity contribution in [1.82, 2.24) is 0 Å². The number of benzene rings is 2. The summed E-state index contributed by atoms with van der Waals surface area (Å²) in [4.78, 5) is 26.3. The maximum atomic E-state index is 13.8. The van der Waals surface area contributed by atoms with E-state index < -0.39 is 16.8 Å². The van der Waals surface area contributed by atoms with Crippen LogP contribution in [0.5, 0.6) is 0 Å². The van der Waals surface area contributed by atoms with Crippen LogP contribution in [0.1, 0.15) is 52.2 Å². The van der Waals surface area contributed by atoms with Crippen LogP contribution in [-0.4, -0.2) is 18.5 Å². The summed E-state index contributed by atoms with van der Waals surface area (Å²) in [5.41, 5.74) is 2.81. The first-order chi connectivity index (χ1) is 15.4. The first-order valence-electron chi connectivity index (χ1n) is 10.9. The lowest BCUT2D eigenvalue weighted by Crippen LogP contribution is -2.36. The van der Waals surface area contributed by atoms with Crippen molar-refractivity contribution in [2.24, 2.45) is 5.92 Å².